The van der Waals surface area contributed by atoms with Crippen molar-refractivity contribution in [1.29, 1.82) is 0 Å². The van der Waals surface area contributed by atoms with Crippen molar-refractivity contribution in [1.82, 2.24) is 15.5 Å². The maximum absolute atomic E-state index is 13.1. The Morgan fingerprint density at radius 1 is 0.533 bits per heavy atom. The summed E-state index contributed by atoms with van der Waals surface area (Å²) in [7, 11) is 0. The van der Waals surface area contributed by atoms with Crippen LogP contribution in [0, 0.1) is 0 Å². The van der Waals surface area contributed by atoms with E-state index < -0.39 is 36.0 Å². The zero-order valence-corrected chi connectivity index (χ0v) is 29.2. The molecule has 0 bridgehead atoms. The molecule has 0 fully saturated rings. The Labute approximate surface area is 278 Å². The third-order valence-corrected chi connectivity index (χ3v) is 7.83. The molecule has 0 unspecified atom stereocenters. The van der Waals surface area contributed by atoms with Gasteiger partial charge in [0.25, 0.3) is 11.8 Å². The molecule has 0 radical (unpaired) electrons. The van der Waals surface area contributed by atoms with Gasteiger partial charge in [0.2, 0.25) is 12.2 Å². The lowest BCUT2D eigenvalue weighted by Crippen LogP contribution is -2.53. The molecule has 0 aromatic heterocycles. The van der Waals surface area contributed by atoms with Crippen LogP contribution < -0.4 is 21.2 Å². The first-order chi connectivity index (χ1) is 21.9. The van der Waals surface area contributed by atoms with Crippen molar-refractivity contribution in [3.63, 3.8) is 0 Å². The maximum Gasteiger partial charge on any atom is 0.306 e. The van der Waals surface area contributed by atoms with Crippen LogP contribution in [-0.2, 0) is 28.7 Å². The van der Waals surface area contributed by atoms with Crippen LogP contribution in [0.25, 0.3) is 0 Å². The molecule has 0 aromatic rings. The predicted molar refractivity (Wildman–Crippen MR) is 182 cm³/mol. The lowest BCUT2D eigenvalue weighted by Gasteiger charge is -2.25. The van der Waals surface area contributed by atoms with E-state index in [4.69, 9.17) is 27.0 Å². The Morgan fingerprint density at radius 2 is 0.867 bits per heavy atom. The number of rotatable bonds is 32. The highest BCUT2D eigenvalue weighted by Crippen LogP contribution is 2.15. The number of esters is 2. The molecule has 0 saturated heterocycles. The van der Waals surface area contributed by atoms with Crippen LogP contribution in [0.1, 0.15) is 155 Å². The maximum atomic E-state index is 13.1. The van der Waals surface area contributed by atoms with Crippen LogP contribution in [0.2, 0.25) is 0 Å². The standard InChI is InChI=1S/C34H65ClN4O6/c1-3-26-37-33(42)31(44-29(40)23-19-15-11-7-5-9-13-17-21-25-36)32(34(43)38-27-4-2)45-30(41)24-20-16-12-8-6-10-14-18-22-28-39-35/h31-32,39H,3-28,36H2,1-2H3,(H,37,42)(H,38,43)/t31-,32-/m1/s1. The molecule has 0 spiro atoms. The fourth-order valence-corrected chi connectivity index (χ4v) is 5.09. The number of unbranched alkanes of at least 4 members (excludes halogenated alkanes) is 16. The third-order valence-electron chi connectivity index (χ3n) is 7.64. The van der Waals surface area contributed by atoms with E-state index >= 15 is 0 Å². The molecule has 0 aliphatic heterocycles. The van der Waals surface area contributed by atoms with Gasteiger partial charge in [-0.2, -0.15) is 0 Å². The van der Waals surface area contributed by atoms with Crippen LogP contribution in [-0.4, -0.2) is 62.1 Å². The first kappa shape index (κ1) is 43.1. The summed E-state index contributed by atoms with van der Waals surface area (Å²) >= 11 is 5.47. The van der Waals surface area contributed by atoms with Crippen molar-refractivity contribution in [2.24, 2.45) is 5.73 Å². The molecule has 11 heteroatoms. The number of nitrogens with one attached hydrogen (secondary N) is 3. The van der Waals surface area contributed by atoms with E-state index in [1.54, 1.807) is 0 Å². The number of nitrogens with two attached hydrogens (primary N) is 1. The minimum atomic E-state index is -1.54. The van der Waals surface area contributed by atoms with Crippen molar-refractivity contribution in [3.8, 4) is 0 Å². The van der Waals surface area contributed by atoms with E-state index in [0.29, 0.717) is 38.8 Å². The van der Waals surface area contributed by atoms with Crippen LogP contribution in [0.3, 0.4) is 0 Å². The van der Waals surface area contributed by atoms with E-state index in [1.165, 1.54) is 44.9 Å². The van der Waals surface area contributed by atoms with Crippen molar-refractivity contribution < 1.29 is 28.7 Å². The molecule has 0 heterocycles. The highest BCUT2D eigenvalue weighted by atomic mass is 35.5. The zero-order chi connectivity index (χ0) is 33.4. The third kappa shape index (κ3) is 25.9. The molecular weight excluding hydrogens is 596 g/mol. The average molecular weight is 661 g/mol. The van der Waals surface area contributed by atoms with Crippen molar-refractivity contribution in [3.05, 3.63) is 0 Å². The van der Waals surface area contributed by atoms with Crippen molar-refractivity contribution in [2.75, 3.05) is 26.2 Å². The summed E-state index contributed by atoms with van der Waals surface area (Å²) in [5, 5.41) is 5.40. The van der Waals surface area contributed by atoms with Gasteiger partial charge in [0.15, 0.2) is 0 Å². The van der Waals surface area contributed by atoms with E-state index in [1.807, 2.05) is 13.8 Å². The largest absolute Gasteiger partial charge is 0.448 e. The van der Waals surface area contributed by atoms with Crippen molar-refractivity contribution >= 4 is 35.5 Å². The highest BCUT2D eigenvalue weighted by molar-refractivity contribution is 6.13. The molecule has 2 atom stereocenters. The molecule has 10 nitrogen and oxygen atoms in total. The van der Waals surface area contributed by atoms with Gasteiger partial charge in [-0.3, -0.25) is 19.2 Å². The predicted octanol–water partition coefficient (Wildman–Crippen LogP) is 6.37. The van der Waals surface area contributed by atoms with Gasteiger partial charge in [-0.05, 0) is 56.8 Å². The summed E-state index contributed by atoms with van der Waals surface area (Å²) in [6.45, 7) is 6.07. The average Bonchev–Trinajstić information content (AvgIpc) is 3.03. The number of carbonyl (C=O) groups is 4. The number of amides is 2. The highest BCUT2D eigenvalue weighted by Gasteiger charge is 2.39. The summed E-state index contributed by atoms with van der Waals surface area (Å²) in [5.41, 5.74) is 5.53. The fraction of sp³-hybridized carbons (Fsp3) is 0.882. The van der Waals surface area contributed by atoms with Gasteiger partial charge < -0.3 is 25.8 Å². The van der Waals surface area contributed by atoms with Gasteiger partial charge in [0, 0.05) is 32.5 Å². The minimum Gasteiger partial charge on any atom is -0.448 e. The fourth-order valence-electron chi connectivity index (χ4n) is 4.95. The smallest absolute Gasteiger partial charge is 0.306 e. The summed E-state index contributed by atoms with van der Waals surface area (Å²) in [5.74, 6) is -2.42. The molecule has 0 rings (SSSR count). The zero-order valence-electron chi connectivity index (χ0n) is 28.4. The van der Waals surface area contributed by atoms with E-state index in [0.717, 1.165) is 70.9 Å². The Bertz CT molecular complexity index is 758. The summed E-state index contributed by atoms with van der Waals surface area (Å²) in [6, 6.07) is 0. The van der Waals surface area contributed by atoms with Crippen LogP contribution in [0.4, 0.5) is 0 Å². The Hall–Kier alpha value is -1.91. The first-order valence-electron chi connectivity index (χ1n) is 17.9. The van der Waals surface area contributed by atoms with E-state index in [-0.39, 0.29) is 12.8 Å². The van der Waals surface area contributed by atoms with Crippen molar-refractivity contribution in [2.45, 2.75) is 167 Å². The summed E-state index contributed by atoms with van der Waals surface area (Å²) in [4.78, 5) is 54.4. The lowest BCUT2D eigenvalue weighted by molar-refractivity contribution is -0.176. The Balaban J connectivity index is 4.86. The van der Waals surface area contributed by atoms with Gasteiger partial charge in [-0.15, -0.1) is 0 Å². The first-order valence-corrected chi connectivity index (χ1v) is 18.3. The SMILES string of the molecule is CCCNC(=O)[C@H](OC(=O)CCCCCCCCCCCN)[C@@H](OC(=O)CCCCCCCCCCCNCl)C(=O)NCCC. The number of carbonyl (C=O) groups excluding carboxylic acids is 4. The number of hydrogen-bond donors (Lipinski definition) is 4. The van der Waals surface area contributed by atoms with Gasteiger partial charge in [-0.1, -0.05) is 104 Å². The molecular formula is C34H65ClN4O6. The van der Waals surface area contributed by atoms with Crippen LogP contribution >= 0.6 is 11.8 Å². The Morgan fingerprint density at radius 3 is 1.20 bits per heavy atom. The van der Waals surface area contributed by atoms with Gasteiger partial charge in [0.1, 0.15) is 0 Å². The molecule has 264 valence electrons. The minimum absolute atomic E-state index is 0.132. The number of halogens is 1. The summed E-state index contributed by atoms with van der Waals surface area (Å²) < 4.78 is 11.1. The van der Waals surface area contributed by atoms with E-state index in [2.05, 4.69) is 15.5 Å². The second-order valence-corrected chi connectivity index (χ2v) is 12.2. The second-order valence-electron chi connectivity index (χ2n) is 11.9. The topological polar surface area (TPSA) is 149 Å². The summed E-state index contributed by atoms with van der Waals surface area (Å²) in [6.07, 6.45) is 17.4. The molecule has 2 amide bonds. The number of ether oxygens (including phenoxy) is 2. The normalized spacial score (nSPS) is 12.4. The second kappa shape index (κ2) is 32.0. The quantitative estimate of drug-likeness (QED) is 0.0370. The van der Waals surface area contributed by atoms with E-state index in [9.17, 15) is 19.2 Å². The molecule has 0 aliphatic carbocycles. The molecule has 0 saturated carbocycles. The van der Waals surface area contributed by atoms with Crippen LogP contribution in [0.5, 0.6) is 0 Å². The molecule has 45 heavy (non-hydrogen) atoms. The van der Waals surface area contributed by atoms with Crippen LogP contribution in [0.15, 0.2) is 0 Å². The Kier molecular flexibility index (Phi) is 30.7. The van der Waals surface area contributed by atoms with Gasteiger partial charge in [-0.25, -0.2) is 4.84 Å². The molecule has 5 N–H and O–H groups in total. The molecule has 0 aromatic carbocycles. The lowest BCUT2D eigenvalue weighted by atomic mass is 10.1. The van der Waals surface area contributed by atoms with Gasteiger partial charge in [0.05, 0.1) is 0 Å². The number of hydrogen-bond acceptors (Lipinski definition) is 8. The monoisotopic (exact) mass is 660 g/mol. The van der Waals surface area contributed by atoms with Gasteiger partial charge >= 0.3 is 11.9 Å². The molecule has 0 aliphatic rings.